The summed E-state index contributed by atoms with van der Waals surface area (Å²) in [4.78, 5) is 47.0. The molecule has 144 valence electrons. The van der Waals surface area contributed by atoms with Crippen molar-refractivity contribution in [3.8, 4) is 0 Å². The summed E-state index contributed by atoms with van der Waals surface area (Å²) < 4.78 is 10.2. The maximum atomic E-state index is 12.2. The zero-order chi connectivity index (χ0) is 20.0. The first-order valence-corrected chi connectivity index (χ1v) is 8.34. The zero-order valence-corrected chi connectivity index (χ0v) is 15.3. The number of rotatable bonds is 6. The summed E-state index contributed by atoms with van der Waals surface area (Å²) in [6.45, 7) is 4.57. The number of hydrogen-bond donors (Lipinski definition) is 3. The molecule has 0 spiro atoms. The van der Waals surface area contributed by atoms with Gasteiger partial charge in [0.25, 0.3) is 0 Å². The molecule has 0 fully saturated rings. The third kappa shape index (κ3) is 5.30. The van der Waals surface area contributed by atoms with Crippen molar-refractivity contribution < 1.29 is 28.7 Å². The van der Waals surface area contributed by atoms with Crippen LogP contribution in [0.3, 0.4) is 0 Å². The lowest BCUT2D eigenvalue weighted by molar-refractivity contribution is -0.139. The molecule has 1 aliphatic heterocycles. The predicted octanol–water partition coefficient (Wildman–Crippen LogP) is 1.32. The highest BCUT2D eigenvalue weighted by Gasteiger charge is 2.30. The molecule has 0 saturated heterocycles. The molecule has 27 heavy (non-hydrogen) atoms. The summed E-state index contributed by atoms with van der Waals surface area (Å²) in [5.74, 6) is -1.46. The fraction of sp³-hybridized carbons (Fsp3) is 0.333. The Hall–Kier alpha value is -3.36. The average Bonchev–Trinajstić information content (AvgIpc) is 2.59. The van der Waals surface area contributed by atoms with Gasteiger partial charge in [0, 0.05) is 12.6 Å². The van der Waals surface area contributed by atoms with Crippen LogP contribution in [0.25, 0.3) is 0 Å². The van der Waals surface area contributed by atoms with Gasteiger partial charge in [-0.25, -0.2) is 14.4 Å². The van der Waals surface area contributed by atoms with E-state index in [2.05, 4.69) is 16.0 Å². The number of carbonyl (C=O) groups excluding carboxylic acids is 4. The van der Waals surface area contributed by atoms with Crippen molar-refractivity contribution in [3.05, 3.63) is 41.1 Å². The number of carbonyl (C=O) groups is 4. The summed E-state index contributed by atoms with van der Waals surface area (Å²) in [5.41, 5.74) is 1.18. The molecule has 0 radical (unpaired) electrons. The minimum atomic E-state index is -0.638. The van der Waals surface area contributed by atoms with Crippen LogP contribution in [0.1, 0.15) is 31.1 Å². The van der Waals surface area contributed by atoms with Gasteiger partial charge in [0.05, 0.1) is 29.5 Å². The summed E-state index contributed by atoms with van der Waals surface area (Å²) in [5, 5.41) is 7.62. The largest absolute Gasteiger partial charge is 0.463 e. The highest BCUT2D eigenvalue weighted by atomic mass is 16.5. The number of urea groups is 1. The molecule has 3 N–H and O–H groups in total. The molecule has 2 rings (SSSR count). The van der Waals surface area contributed by atoms with E-state index >= 15 is 0 Å². The zero-order valence-electron chi connectivity index (χ0n) is 15.3. The van der Waals surface area contributed by atoms with Gasteiger partial charge in [-0.3, -0.25) is 4.79 Å². The SMILES string of the molecule is CCOC(=O)C1=C(COC(=O)c2ccc(NC(C)=O)cc2)NC(=O)N[C@@H]1C. The van der Waals surface area contributed by atoms with Crippen LogP contribution in [0.15, 0.2) is 35.5 Å². The summed E-state index contributed by atoms with van der Waals surface area (Å²) in [6.07, 6.45) is 0. The molecule has 0 saturated carbocycles. The Bertz CT molecular complexity index is 785. The van der Waals surface area contributed by atoms with Crippen molar-refractivity contribution in [1.82, 2.24) is 10.6 Å². The Balaban J connectivity index is 2.10. The Labute approximate surface area is 156 Å². The minimum Gasteiger partial charge on any atom is -0.463 e. The first-order valence-electron chi connectivity index (χ1n) is 8.34. The highest BCUT2D eigenvalue weighted by molar-refractivity contribution is 5.95. The molecule has 0 bridgehead atoms. The van der Waals surface area contributed by atoms with Gasteiger partial charge < -0.3 is 25.4 Å². The van der Waals surface area contributed by atoms with Crippen molar-refractivity contribution in [1.29, 1.82) is 0 Å². The second kappa shape index (κ2) is 8.84. The molecule has 1 aromatic rings. The van der Waals surface area contributed by atoms with E-state index in [0.29, 0.717) is 5.69 Å². The van der Waals surface area contributed by atoms with Crippen molar-refractivity contribution in [2.45, 2.75) is 26.8 Å². The topological polar surface area (TPSA) is 123 Å². The van der Waals surface area contributed by atoms with Crippen molar-refractivity contribution in [2.24, 2.45) is 0 Å². The van der Waals surface area contributed by atoms with Crippen LogP contribution < -0.4 is 16.0 Å². The van der Waals surface area contributed by atoms with Gasteiger partial charge in [0.2, 0.25) is 5.91 Å². The molecule has 0 aromatic heterocycles. The molecule has 9 nitrogen and oxygen atoms in total. The van der Waals surface area contributed by atoms with Crippen molar-refractivity contribution in [2.75, 3.05) is 18.5 Å². The first kappa shape index (κ1) is 20.0. The smallest absolute Gasteiger partial charge is 0.338 e. The molecular formula is C18H21N3O6. The fourth-order valence-electron chi connectivity index (χ4n) is 2.51. The van der Waals surface area contributed by atoms with E-state index < -0.39 is 24.0 Å². The quantitative estimate of drug-likeness (QED) is 0.645. The Morgan fingerprint density at radius 1 is 1.11 bits per heavy atom. The molecule has 1 aliphatic rings. The monoisotopic (exact) mass is 375 g/mol. The maximum Gasteiger partial charge on any atom is 0.338 e. The van der Waals surface area contributed by atoms with E-state index in [1.165, 1.54) is 19.1 Å². The summed E-state index contributed by atoms with van der Waals surface area (Å²) in [6, 6.07) is 5.05. The van der Waals surface area contributed by atoms with Gasteiger partial charge in [-0.2, -0.15) is 0 Å². The lowest BCUT2D eigenvalue weighted by Crippen LogP contribution is -2.50. The van der Waals surface area contributed by atoms with Gasteiger partial charge in [0.15, 0.2) is 0 Å². The first-order chi connectivity index (χ1) is 12.8. The van der Waals surface area contributed by atoms with E-state index in [1.807, 2.05) is 0 Å². The average molecular weight is 375 g/mol. The number of nitrogens with one attached hydrogen (secondary N) is 3. The molecule has 1 heterocycles. The number of esters is 2. The Morgan fingerprint density at radius 3 is 2.37 bits per heavy atom. The number of hydrogen-bond acceptors (Lipinski definition) is 6. The Kier molecular flexibility index (Phi) is 6.53. The van der Waals surface area contributed by atoms with Gasteiger partial charge in [-0.1, -0.05) is 0 Å². The van der Waals surface area contributed by atoms with Gasteiger partial charge in [0.1, 0.15) is 6.61 Å². The predicted molar refractivity (Wildman–Crippen MR) is 95.8 cm³/mol. The number of anilines is 1. The van der Waals surface area contributed by atoms with Crippen LogP contribution in [0.2, 0.25) is 0 Å². The standard InChI is InChI=1S/C18H21N3O6/c1-4-26-17(24)15-10(2)19-18(25)21-14(15)9-27-16(23)12-5-7-13(8-6-12)20-11(3)22/h5-8,10H,4,9H2,1-3H3,(H,20,22)(H2,19,21,25)/t10-/m1/s1. The lowest BCUT2D eigenvalue weighted by atomic mass is 10.0. The third-order valence-corrected chi connectivity index (χ3v) is 3.65. The normalized spacial score (nSPS) is 16.1. The summed E-state index contributed by atoms with van der Waals surface area (Å²) in [7, 11) is 0. The van der Waals surface area contributed by atoms with E-state index in [0.717, 1.165) is 0 Å². The second-order valence-electron chi connectivity index (χ2n) is 5.77. The van der Waals surface area contributed by atoms with Gasteiger partial charge in [-0.15, -0.1) is 0 Å². The molecular weight excluding hydrogens is 354 g/mol. The van der Waals surface area contributed by atoms with E-state index in [9.17, 15) is 19.2 Å². The molecule has 9 heteroatoms. The third-order valence-electron chi connectivity index (χ3n) is 3.65. The van der Waals surface area contributed by atoms with Crippen LogP contribution in [0, 0.1) is 0 Å². The molecule has 0 unspecified atom stereocenters. The van der Waals surface area contributed by atoms with E-state index in [4.69, 9.17) is 9.47 Å². The van der Waals surface area contributed by atoms with E-state index in [-0.39, 0.29) is 36.0 Å². The number of ether oxygens (including phenoxy) is 2. The minimum absolute atomic E-state index is 0.174. The number of amides is 3. The van der Waals surface area contributed by atoms with Crippen molar-refractivity contribution >= 4 is 29.6 Å². The molecule has 1 atom stereocenters. The van der Waals surface area contributed by atoms with Gasteiger partial charge >= 0.3 is 18.0 Å². The molecule has 0 aliphatic carbocycles. The van der Waals surface area contributed by atoms with Crippen LogP contribution in [0.4, 0.5) is 10.5 Å². The van der Waals surface area contributed by atoms with Crippen LogP contribution in [-0.2, 0) is 19.1 Å². The van der Waals surface area contributed by atoms with Crippen LogP contribution in [-0.4, -0.2) is 43.1 Å². The van der Waals surface area contributed by atoms with Gasteiger partial charge in [-0.05, 0) is 38.1 Å². The highest BCUT2D eigenvalue weighted by Crippen LogP contribution is 2.16. The van der Waals surface area contributed by atoms with E-state index in [1.54, 1.807) is 26.0 Å². The molecule has 3 amide bonds. The second-order valence-corrected chi connectivity index (χ2v) is 5.77. The Morgan fingerprint density at radius 2 is 1.78 bits per heavy atom. The van der Waals surface area contributed by atoms with Crippen LogP contribution in [0.5, 0.6) is 0 Å². The number of benzene rings is 1. The summed E-state index contributed by atoms with van der Waals surface area (Å²) >= 11 is 0. The lowest BCUT2D eigenvalue weighted by Gasteiger charge is -2.26. The fourth-order valence-corrected chi connectivity index (χ4v) is 2.51. The molecule has 1 aromatic carbocycles. The van der Waals surface area contributed by atoms with Crippen molar-refractivity contribution in [3.63, 3.8) is 0 Å². The van der Waals surface area contributed by atoms with Crippen LogP contribution >= 0.6 is 0 Å². The maximum absolute atomic E-state index is 12.2.